The Labute approximate surface area is 149 Å². The quantitative estimate of drug-likeness (QED) is 0.854. The van der Waals surface area contributed by atoms with Crippen LogP contribution in [0.5, 0.6) is 0 Å². The van der Waals surface area contributed by atoms with Gasteiger partial charge in [0, 0.05) is 37.9 Å². The maximum atomic E-state index is 12.7. The number of benzene rings is 2. The van der Waals surface area contributed by atoms with Crippen LogP contribution in [0.2, 0.25) is 0 Å². The van der Waals surface area contributed by atoms with Crippen LogP contribution in [0.3, 0.4) is 0 Å². The van der Waals surface area contributed by atoms with E-state index in [0.717, 1.165) is 13.1 Å². The number of piperidine rings is 1. The number of nitriles is 1. The molecule has 0 unspecified atom stereocenters. The lowest BCUT2D eigenvalue weighted by molar-refractivity contribution is 0.0785. The molecule has 1 amide bonds. The van der Waals surface area contributed by atoms with Crippen LogP contribution in [0.1, 0.15) is 40.7 Å². The van der Waals surface area contributed by atoms with Gasteiger partial charge >= 0.3 is 0 Å². The molecule has 0 radical (unpaired) electrons. The summed E-state index contributed by atoms with van der Waals surface area (Å²) in [7, 11) is 1.83. The first-order valence-electron chi connectivity index (χ1n) is 8.77. The van der Waals surface area contributed by atoms with Gasteiger partial charge in [-0.25, -0.2) is 0 Å². The maximum Gasteiger partial charge on any atom is 0.253 e. The zero-order chi connectivity index (χ0) is 17.6. The fraction of sp³-hybridized carbons (Fsp3) is 0.333. The monoisotopic (exact) mass is 333 g/mol. The van der Waals surface area contributed by atoms with Crippen molar-refractivity contribution in [2.45, 2.75) is 25.8 Å². The first kappa shape index (κ1) is 17.0. The van der Waals surface area contributed by atoms with Gasteiger partial charge in [0.05, 0.1) is 11.6 Å². The lowest BCUT2D eigenvalue weighted by atomic mass is 10.1. The van der Waals surface area contributed by atoms with Crippen LogP contribution in [0.4, 0.5) is 5.69 Å². The van der Waals surface area contributed by atoms with Gasteiger partial charge in [-0.3, -0.25) is 4.79 Å². The molecule has 1 aliphatic rings. The standard InChI is InChI=1S/C21H23N3O/c1-23(21(25)18-11-9-17(15-22)10-12-18)16-19-7-3-4-8-20(19)24-13-5-2-6-14-24/h3-4,7-12H,2,5-6,13-14,16H2,1H3. The number of nitrogens with zero attached hydrogens (tertiary/aromatic N) is 3. The van der Waals surface area contributed by atoms with Gasteiger partial charge in [0.2, 0.25) is 0 Å². The van der Waals surface area contributed by atoms with Crippen LogP contribution in [-0.2, 0) is 6.54 Å². The molecule has 0 atom stereocenters. The summed E-state index contributed by atoms with van der Waals surface area (Å²) in [6.45, 7) is 2.75. The normalized spacial score (nSPS) is 14.0. The van der Waals surface area contributed by atoms with Crippen molar-refractivity contribution in [3.63, 3.8) is 0 Å². The predicted octanol–water partition coefficient (Wildman–Crippen LogP) is 3.82. The van der Waals surface area contributed by atoms with E-state index >= 15 is 0 Å². The summed E-state index contributed by atoms with van der Waals surface area (Å²) in [5, 5.41) is 8.88. The summed E-state index contributed by atoms with van der Waals surface area (Å²) in [6, 6.07) is 17.2. The van der Waals surface area contributed by atoms with Crippen molar-refractivity contribution in [1.29, 1.82) is 5.26 Å². The Morgan fingerprint density at radius 1 is 1.08 bits per heavy atom. The molecule has 1 fully saturated rings. The van der Waals surface area contributed by atoms with E-state index in [-0.39, 0.29) is 5.91 Å². The number of carbonyl (C=O) groups is 1. The zero-order valence-corrected chi connectivity index (χ0v) is 14.6. The lowest BCUT2D eigenvalue weighted by Crippen LogP contribution is -2.32. The molecule has 1 saturated heterocycles. The number of hydrogen-bond donors (Lipinski definition) is 0. The molecule has 0 saturated carbocycles. The Morgan fingerprint density at radius 3 is 2.44 bits per heavy atom. The topological polar surface area (TPSA) is 47.3 Å². The van der Waals surface area contributed by atoms with Gasteiger partial charge in [-0.05, 0) is 55.2 Å². The molecule has 4 nitrogen and oxygen atoms in total. The fourth-order valence-corrected chi connectivity index (χ4v) is 3.32. The average molecular weight is 333 g/mol. The van der Waals surface area contributed by atoms with Crippen LogP contribution >= 0.6 is 0 Å². The summed E-state index contributed by atoms with van der Waals surface area (Å²) in [5.74, 6) is -0.0297. The Kier molecular flexibility index (Phi) is 5.35. The van der Waals surface area contributed by atoms with Crippen LogP contribution in [0.15, 0.2) is 48.5 Å². The molecule has 0 aromatic heterocycles. The van der Waals surface area contributed by atoms with Gasteiger partial charge in [-0.15, -0.1) is 0 Å². The first-order valence-corrected chi connectivity index (χ1v) is 8.77. The summed E-state index contributed by atoms with van der Waals surface area (Å²) >= 11 is 0. The molecule has 2 aromatic carbocycles. The van der Waals surface area contributed by atoms with Crippen molar-refractivity contribution in [2.75, 3.05) is 25.0 Å². The fourth-order valence-electron chi connectivity index (χ4n) is 3.32. The van der Waals surface area contributed by atoms with Crippen molar-refractivity contribution in [1.82, 2.24) is 4.90 Å². The van der Waals surface area contributed by atoms with Crippen molar-refractivity contribution in [2.24, 2.45) is 0 Å². The number of carbonyl (C=O) groups excluding carboxylic acids is 1. The van der Waals surface area contributed by atoms with E-state index in [2.05, 4.69) is 29.2 Å². The minimum Gasteiger partial charge on any atom is -0.371 e. The van der Waals surface area contributed by atoms with Crippen molar-refractivity contribution in [3.05, 3.63) is 65.2 Å². The highest BCUT2D eigenvalue weighted by atomic mass is 16.2. The third-order valence-corrected chi connectivity index (χ3v) is 4.70. The average Bonchev–Trinajstić information content (AvgIpc) is 2.68. The van der Waals surface area contributed by atoms with Crippen molar-refractivity contribution in [3.8, 4) is 6.07 Å². The Hall–Kier alpha value is -2.80. The van der Waals surface area contributed by atoms with Crippen molar-refractivity contribution >= 4 is 11.6 Å². The molecule has 0 N–H and O–H groups in total. The minimum atomic E-state index is -0.0297. The van der Waals surface area contributed by atoms with Crippen molar-refractivity contribution < 1.29 is 4.79 Å². The van der Waals surface area contributed by atoms with Gasteiger partial charge in [0.1, 0.15) is 0 Å². The number of anilines is 1. The SMILES string of the molecule is CN(Cc1ccccc1N1CCCCC1)C(=O)c1ccc(C#N)cc1. The molecule has 128 valence electrons. The van der Waals surface area contributed by atoms with E-state index in [9.17, 15) is 4.79 Å². The van der Waals surface area contributed by atoms with E-state index in [4.69, 9.17) is 5.26 Å². The third-order valence-electron chi connectivity index (χ3n) is 4.70. The second-order valence-corrected chi connectivity index (χ2v) is 6.53. The summed E-state index contributed by atoms with van der Waals surface area (Å²) in [6.07, 6.45) is 3.76. The van der Waals surface area contributed by atoms with E-state index in [0.29, 0.717) is 17.7 Å². The molecular weight excluding hydrogens is 310 g/mol. The van der Waals surface area contributed by atoms with E-state index < -0.39 is 0 Å². The van der Waals surface area contributed by atoms with Crippen LogP contribution in [0, 0.1) is 11.3 Å². The largest absolute Gasteiger partial charge is 0.371 e. The summed E-state index contributed by atoms with van der Waals surface area (Å²) in [4.78, 5) is 16.8. The molecule has 0 spiro atoms. The Balaban J connectivity index is 1.75. The van der Waals surface area contributed by atoms with Gasteiger partial charge in [0.25, 0.3) is 5.91 Å². The van der Waals surface area contributed by atoms with E-state index in [1.54, 1.807) is 29.2 Å². The molecule has 3 rings (SSSR count). The van der Waals surface area contributed by atoms with E-state index in [1.165, 1.54) is 30.5 Å². The number of para-hydroxylation sites is 1. The molecule has 0 aliphatic carbocycles. The molecule has 0 bridgehead atoms. The highest BCUT2D eigenvalue weighted by Crippen LogP contribution is 2.25. The van der Waals surface area contributed by atoms with Crippen LogP contribution < -0.4 is 4.90 Å². The Morgan fingerprint density at radius 2 is 1.76 bits per heavy atom. The van der Waals surface area contributed by atoms with Gasteiger partial charge in [-0.2, -0.15) is 5.26 Å². The minimum absolute atomic E-state index is 0.0297. The summed E-state index contributed by atoms with van der Waals surface area (Å²) < 4.78 is 0. The molecule has 1 aliphatic heterocycles. The lowest BCUT2D eigenvalue weighted by Gasteiger charge is -2.31. The molecular formula is C21H23N3O. The van der Waals surface area contributed by atoms with E-state index in [1.807, 2.05) is 13.1 Å². The molecule has 4 heteroatoms. The summed E-state index contributed by atoms with van der Waals surface area (Å²) in [5.41, 5.74) is 3.59. The highest BCUT2D eigenvalue weighted by molar-refractivity contribution is 5.94. The second kappa shape index (κ2) is 7.85. The molecule has 1 heterocycles. The maximum absolute atomic E-state index is 12.7. The second-order valence-electron chi connectivity index (χ2n) is 6.53. The predicted molar refractivity (Wildman–Crippen MR) is 99.5 cm³/mol. The van der Waals surface area contributed by atoms with Gasteiger partial charge in [-0.1, -0.05) is 18.2 Å². The van der Waals surface area contributed by atoms with Crippen LogP contribution in [0.25, 0.3) is 0 Å². The smallest absolute Gasteiger partial charge is 0.253 e. The van der Waals surface area contributed by atoms with Gasteiger partial charge in [0.15, 0.2) is 0 Å². The Bertz CT molecular complexity index is 770. The number of amides is 1. The number of hydrogen-bond acceptors (Lipinski definition) is 3. The van der Waals surface area contributed by atoms with Crippen LogP contribution in [-0.4, -0.2) is 30.9 Å². The number of rotatable bonds is 4. The first-order chi connectivity index (χ1) is 12.2. The third kappa shape index (κ3) is 4.00. The van der Waals surface area contributed by atoms with Gasteiger partial charge < -0.3 is 9.80 Å². The highest BCUT2D eigenvalue weighted by Gasteiger charge is 2.17. The molecule has 2 aromatic rings. The zero-order valence-electron chi connectivity index (χ0n) is 14.6. The molecule has 25 heavy (non-hydrogen) atoms.